The molecule has 2 aromatic heterocycles. The zero-order chi connectivity index (χ0) is 24.2. The molecule has 0 N–H and O–H groups in total. The second-order valence-corrected chi connectivity index (χ2v) is 9.63. The molecule has 1 aromatic carbocycles. The molecule has 35 heavy (non-hydrogen) atoms. The molecule has 0 spiro atoms. The van der Waals surface area contributed by atoms with Gasteiger partial charge in [0.25, 0.3) is 5.89 Å². The minimum absolute atomic E-state index is 0.314. The fraction of sp³-hybridized carbons (Fsp3) is 0.577. The van der Waals surface area contributed by atoms with E-state index in [1.54, 1.807) is 7.11 Å². The van der Waals surface area contributed by atoms with Gasteiger partial charge < -0.3 is 18.5 Å². The SMILES string of the molecule is COc1ccc(CN2CCCN(Cc3noc(-c4c(C)noc4C)n3)CC2)cc1OC1CCCC1. The Hall–Kier alpha value is -2.91. The second kappa shape index (κ2) is 10.8. The van der Waals surface area contributed by atoms with E-state index in [0.717, 1.165) is 74.7 Å². The predicted molar refractivity (Wildman–Crippen MR) is 130 cm³/mol. The first-order chi connectivity index (χ1) is 17.1. The van der Waals surface area contributed by atoms with Gasteiger partial charge in [-0.15, -0.1) is 0 Å². The van der Waals surface area contributed by atoms with E-state index >= 15 is 0 Å². The van der Waals surface area contributed by atoms with Crippen LogP contribution in [0.1, 0.15) is 54.9 Å². The first kappa shape index (κ1) is 23.8. The third kappa shape index (κ3) is 5.67. The fourth-order valence-corrected chi connectivity index (χ4v) is 5.10. The van der Waals surface area contributed by atoms with Crippen molar-refractivity contribution >= 4 is 0 Å². The number of hydrogen-bond acceptors (Lipinski definition) is 9. The standard InChI is InChI=1S/C26H35N5O4/c1-18-25(19(2)34-28-18)26-27-24(29-35-26)17-31-12-6-11-30(13-14-31)16-20-9-10-22(32-3)23(15-20)33-21-7-4-5-8-21/h9-10,15,21H,4-8,11-14,16-17H2,1-3H3. The smallest absolute Gasteiger partial charge is 0.263 e. The summed E-state index contributed by atoms with van der Waals surface area (Å²) in [5, 5.41) is 8.18. The lowest BCUT2D eigenvalue weighted by atomic mass is 10.1. The second-order valence-electron chi connectivity index (χ2n) is 9.63. The Morgan fingerprint density at radius 2 is 1.69 bits per heavy atom. The van der Waals surface area contributed by atoms with Crippen molar-refractivity contribution in [3.8, 4) is 23.0 Å². The summed E-state index contributed by atoms with van der Waals surface area (Å²) in [6.07, 6.45) is 6.18. The average Bonchev–Trinajstić information content (AvgIpc) is 3.56. The molecule has 9 heteroatoms. The third-order valence-corrected chi connectivity index (χ3v) is 6.99. The van der Waals surface area contributed by atoms with Crippen molar-refractivity contribution in [2.24, 2.45) is 0 Å². The molecule has 2 fully saturated rings. The maximum absolute atomic E-state index is 6.29. The Kier molecular flexibility index (Phi) is 7.34. The van der Waals surface area contributed by atoms with Gasteiger partial charge in [0.15, 0.2) is 17.3 Å². The number of ether oxygens (including phenoxy) is 2. The van der Waals surface area contributed by atoms with Crippen LogP contribution in [0.2, 0.25) is 0 Å². The molecule has 1 aliphatic heterocycles. The first-order valence-electron chi connectivity index (χ1n) is 12.6. The summed E-state index contributed by atoms with van der Waals surface area (Å²) >= 11 is 0. The summed E-state index contributed by atoms with van der Waals surface area (Å²) in [4.78, 5) is 9.50. The Balaban J connectivity index is 1.17. The summed E-state index contributed by atoms with van der Waals surface area (Å²) in [6, 6.07) is 6.35. The van der Waals surface area contributed by atoms with E-state index < -0.39 is 0 Å². The van der Waals surface area contributed by atoms with E-state index in [-0.39, 0.29) is 0 Å². The van der Waals surface area contributed by atoms with Crippen molar-refractivity contribution in [2.75, 3.05) is 33.3 Å². The molecule has 0 radical (unpaired) electrons. The van der Waals surface area contributed by atoms with Crippen LogP contribution in [-0.4, -0.2) is 64.5 Å². The van der Waals surface area contributed by atoms with Gasteiger partial charge in [0.05, 0.1) is 25.5 Å². The van der Waals surface area contributed by atoms with Gasteiger partial charge in [-0.3, -0.25) is 9.80 Å². The average molecular weight is 482 g/mol. The molecule has 5 rings (SSSR count). The van der Waals surface area contributed by atoms with Gasteiger partial charge >= 0.3 is 0 Å². The molecule has 0 amide bonds. The molecule has 3 heterocycles. The fourth-order valence-electron chi connectivity index (χ4n) is 5.10. The Bertz CT molecular complexity index is 1100. The maximum atomic E-state index is 6.29. The van der Waals surface area contributed by atoms with Crippen LogP contribution in [0.3, 0.4) is 0 Å². The highest BCUT2D eigenvalue weighted by molar-refractivity contribution is 5.57. The van der Waals surface area contributed by atoms with Gasteiger partial charge in [0, 0.05) is 19.6 Å². The minimum Gasteiger partial charge on any atom is -0.493 e. The van der Waals surface area contributed by atoms with Gasteiger partial charge in [-0.1, -0.05) is 16.4 Å². The van der Waals surface area contributed by atoms with Crippen molar-refractivity contribution in [3.63, 3.8) is 0 Å². The summed E-state index contributed by atoms with van der Waals surface area (Å²) in [6.45, 7) is 9.30. The van der Waals surface area contributed by atoms with E-state index in [1.807, 2.05) is 19.9 Å². The van der Waals surface area contributed by atoms with Crippen LogP contribution in [0.4, 0.5) is 0 Å². The predicted octanol–water partition coefficient (Wildman–Crippen LogP) is 4.38. The third-order valence-electron chi connectivity index (χ3n) is 6.99. The van der Waals surface area contributed by atoms with Gasteiger partial charge in [-0.25, -0.2) is 0 Å². The van der Waals surface area contributed by atoms with Crippen molar-refractivity contribution in [2.45, 2.75) is 65.1 Å². The molecule has 0 bridgehead atoms. The van der Waals surface area contributed by atoms with E-state index in [2.05, 4.69) is 37.2 Å². The normalized spacial score (nSPS) is 18.1. The highest BCUT2D eigenvalue weighted by Gasteiger charge is 2.22. The molecular formula is C26H35N5O4. The number of aryl methyl sites for hydroxylation is 2. The monoisotopic (exact) mass is 481 g/mol. The van der Waals surface area contributed by atoms with Crippen molar-refractivity contribution in [1.82, 2.24) is 25.1 Å². The maximum Gasteiger partial charge on any atom is 0.263 e. The van der Waals surface area contributed by atoms with Crippen LogP contribution in [0, 0.1) is 13.8 Å². The van der Waals surface area contributed by atoms with Gasteiger partial charge in [0.2, 0.25) is 0 Å². The van der Waals surface area contributed by atoms with Crippen LogP contribution in [0.5, 0.6) is 11.5 Å². The number of methoxy groups -OCH3 is 1. The lowest BCUT2D eigenvalue weighted by molar-refractivity contribution is 0.200. The molecule has 2 aliphatic rings. The van der Waals surface area contributed by atoms with Crippen LogP contribution in [0.15, 0.2) is 27.2 Å². The number of aromatic nitrogens is 3. The molecule has 9 nitrogen and oxygen atoms in total. The Labute approximate surface area is 206 Å². The van der Waals surface area contributed by atoms with Crippen molar-refractivity contribution in [3.05, 3.63) is 41.0 Å². The molecule has 3 aromatic rings. The molecule has 0 unspecified atom stereocenters. The summed E-state index contributed by atoms with van der Waals surface area (Å²) in [5.74, 6) is 3.55. The van der Waals surface area contributed by atoms with Gasteiger partial charge in [-0.2, -0.15) is 4.98 Å². The lowest BCUT2D eigenvalue weighted by Crippen LogP contribution is -2.30. The molecule has 188 valence electrons. The molecule has 0 atom stereocenters. The zero-order valence-electron chi connectivity index (χ0n) is 21.0. The van der Waals surface area contributed by atoms with Gasteiger partial charge in [0.1, 0.15) is 11.3 Å². The molecule has 1 saturated heterocycles. The Morgan fingerprint density at radius 3 is 2.40 bits per heavy atom. The highest BCUT2D eigenvalue weighted by Crippen LogP contribution is 2.33. The highest BCUT2D eigenvalue weighted by atomic mass is 16.5. The summed E-state index contributed by atoms with van der Waals surface area (Å²) < 4.78 is 22.6. The van der Waals surface area contributed by atoms with Crippen molar-refractivity contribution < 1.29 is 18.5 Å². The minimum atomic E-state index is 0.314. The van der Waals surface area contributed by atoms with Crippen LogP contribution < -0.4 is 9.47 Å². The molecule has 1 aliphatic carbocycles. The van der Waals surface area contributed by atoms with Crippen molar-refractivity contribution in [1.29, 1.82) is 0 Å². The summed E-state index contributed by atoms with van der Waals surface area (Å²) in [5.41, 5.74) is 2.81. The number of hydrogen-bond donors (Lipinski definition) is 0. The largest absolute Gasteiger partial charge is 0.493 e. The molecular weight excluding hydrogens is 446 g/mol. The number of nitrogens with zero attached hydrogens (tertiary/aromatic N) is 5. The first-order valence-corrected chi connectivity index (χ1v) is 12.6. The number of benzene rings is 1. The van der Waals surface area contributed by atoms with Crippen LogP contribution in [-0.2, 0) is 13.1 Å². The topological polar surface area (TPSA) is 89.9 Å². The van der Waals surface area contributed by atoms with E-state index in [0.29, 0.717) is 30.1 Å². The quantitative estimate of drug-likeness (QED) is 0.465. The van der Waals surface area contributed by atoms with E-state index in [1.165, 1.54) is 18.4 Å². The summed E-state index contributed by atoms with van der Waals surface area (Å²) in [7, 11) is 1.71. The van der Waals surface area contributed by atoms with E-state index in [9.17, 15) is 0 Å². The van der Waals surface area contributed by atoms with Gasteiger partial charge in [-0.05, 0) is 76.7 Å². The van der Waals surface area contributed by atoms with Crippen LogP contribution >= 0.6 is 0 Å². The van der Waals surface area contributed by atoms with E-state index in [4.69, 9.17) is 18.5 Å². The van der Waals surface area contributed by atoms with Crippen LogP contribution in [0.25, 0.3) is 11.5 Å². The number of rotatable bonds is 8. The zero-order valence-corrected chi connectivity index (χ0v) is 21.0. The molecule has 1 saturated carbocycles. The Morgan fingerprint density at radius 1 is 0.914 bits per heavy atom. The lowest BCUT2D eigenvalue weighted by Gasteiger charge is -2.22.